The van der Waals surface area contributed by atoms with E-state index in [1.54, 1.807) is 24.5 Å². The van der Waals surface area contributed by atoms with E-state index in [4.69, 9.17) is 0 Å². The van der Waals surface area contributed by atoms with E-state index in [2.05, 4.69) is 27.8 Å². The highest BCUT2D eigenvalue weighted by Crippen LogP contribution is 2.23. The summed E-state index contributed by atoms with van der Waals surface area (Å²) >= 11 is 0. The average molecular weight is 251 g/mol. The molecule has 1 aromatic carbocycles. The molecule has 1 aliphatic carbocycles. The van der Waals surface area contributed by atoms with Crippen LogP contribution in [0.5, 0.6) is 0 Å². The molecule has 1 heterocycles. The van der Waals surface area contributed by atoms with Gasteiger partial charge in [-0.05, 0) is 41.8 Å². The highest BCUT2D eigenvalue weighted by atomic mass is 16.2. The minimum atomic E-state index is -0.269. The van der Waals surface area contributed by atoms with E-state index in [1.165, 1.54) is 11.1 Å². The SMILES string of the molecule is O=C(Nc1cccnc1)Nc1ccc2c(c1)C=CC2. The molecule has 2 aromatic rings. The molecule has 3 rings (SSSR count). The Labute approximate surface area is 111 Å². The second-order valence-electron chi connectivity index (χ2n) is 4.34. The number of pyridine rings is 1. The first kappa shape index (κ1) is 11.5. The van der Waals surface area contributed by atoms with Gasteiger partial charge in [0.15, 0.2) is 0 Å². The van der Waals surface area contributed by atoms with Crippen molar-refractivity contribution in [2.75, 3.05) is 10.6 Å². The van der Waals surface area contributed by atoms with Crippen LogP contribution in [0.3, 0.4) is 0 Å². The van der Waals surface area contributed by atoms with Crippen LogP contribution in [0.2, 0.25) is 0 Å². The van der Waals surface area contributed by atoms with Gasteiger partial charge in [0.25, 0.3) is 0 Å². The Hall–Kier alpha value is -2.62. The number of aromatic nitrogens is 1. The van der Waals surface area contributed by atoms with Crippen LogP contribution in [0, 0.1) is 0 Å². The number of hydrogen-bond donors (Lipinski definition) is 2. The molecule has 1 aliphatic rings. The summed E-state index contributed by atoms with van der Waals surface area (Å²) in [5.74, 6) is 0. The molecule has 0 atom stereocenters. The molecule has 0 bridgehead atoms. The molecule has 1 aromatic heterocycles. The standard InChI is InChI=1S/C15H13N3O/c19-15(18-14-5-2-8-16-10-14)17-13-7-6-11-3-1-4-12(11)9-13/h1-2,4-10H,3H2,(H2,17,18,19). The van der Waals surface area contributed by atoms with Crippen LogP contribution >= 0.6 is 0 Å². The Bertz CT molecular complexity index is 635. The van der Waals surface area contributed by atoms with Crippen molar-refractivity contribution in [2.24, 2.45) is 0 Å². The number of carbonyl (C=O) groups is 1. The Morgan fingerprint density at radius 2 is 2.05 bits per heavy atom. The van der Waals surface area contributed by atoms with E-state index < -0.39 is 0 Å². The van der Waals surface area contributed by atoms with Gasteiger partial charge in [-0.15, -0.1) is 0 Å². The maximum absolute atomic E-state index is 11.8. The fraction of sp³-hybridized carbons (Fsp3) is 0.0667. The van der Waals surface area contributed by atoms with Crippen molar-refractivity contribution in [1.29, 1.82) is 0 Å². The summed E-state index contributed by atoms with van der Waals surface area (Å²) in [7, 11) is 0. The lowest BCUT2D eigenvalue weighted by Crippen LogP contribution is -2.19. The Balaban J connectivity index is 1.68. The molecule has 0 saturated heterocycles. The van der Waals surface area contributed by atoms with Crippen LogP contribution in [0.25, 0.3) is 6.08 Å². The summed E-state index contributed by atoms with van der Waals surface area (Å²) in [5, 5.41) is 5.54. The molecular weight excluding hydrogens is 238 g/mol. The molecule has 0 unspecified atom stereocenters. The first-order valence-corrected chi connectivity index (χ1v) is 6.09. The first-order valence-electron chi connectivity index (χ1n) is 6.09. The lowest BCUT2D eigenvalue weighted by atomic mass is 10.1. The predicted molar refractivity (Wildman–Crippen MR) is 76.1 cm³/mol. The van der Waals surface area contributed by atoms with Gasteiger partial charge >= 0.3 is 6.03 Å². The number of carbonyl (C=O) groups excluding carboxylic acids is 1. The van der Waals surface area contributed by atoms with Crippen molar-refractivity contribution in [3.8, 4) is 0 Å². The summed E-state index contributed by atoms with van der Waals surface area (Å²) in [6, 6.07) is 9.22. The molecule has 0 aliphatic heterocycles. The van der Waals surface area contributed by atoms with Crippen LogP contribution in [0.1, 0.15) is 11.1 Å². The van der Waals surface area contributed by atoms with Crippen molar-refractivity contribution in [3.63, 3.8) is 0 Å². The predicted octanol–water partition coefficient (Wildman–Crippen LogP) is 3.29. The van der Waals surface area contributed by atoms with Crippen LogP contribution in [0.4, 0.5) is 16.2 Å². The van der Waals surface area contributed by atoms with Gasteiger partial charge in [-0.1, -0.05) is 18.2 Å². The molecular formula is C15H13N3O. The molecule has 0 radical (unpaired) electrons. The van der Waals surface area contributed by atoms with Gasteiger partial charge in [0, 0.05) is 11.9 Å². The summed E-state index contributed by atoms with van der Waals surface area (Å²) in [6.07, 6.45) is 8.42. The molecule has 0 saturated carbocycles. The van der Waals surface area contributed by atoms with Crippen molar-refractivity contribution >= 4 is 23.5 Å². The smallest absolute Gasteiger partial charge is 0.308 e. The molecule has 19 heavy (non-hydrogen) atoms. The molecule has 0 fully saturated rings. The zero-order valence-corrected chi connectivity index (χ0v) is 10.3. The maximum Gasteiger partial charge on any atom is 0.323 e. The summed E-state index contributed by atoms with van der Waals surface area (Å²) in [6.45, 7) is 0. The fourth-order valence-corrected chi connectivity index (χ4v) is 2.06. The Morgan fingerprint density at radius 3 is 2.89 bits per heavy atom. The number of anilines is 2. The van der Waals surface area contributed by atoms with E-state index in [1.807, 2.05) is 18.2 Å². The number of nitrogens with zero attached hydrogens (tertiary/aromatic N) is 1. The lowest BCUT2D eigenvalue weighted by molar-refractivity contribution is 0.262. The number of urea groups is 1. The first-order chi connectivity index (χ1) is 9.31. The summed E-state index contributed by atoms with van der Waals surface area (Å²) < 4.78 is 0. The average Bonchev–Trinajstić information content (AvgIpc) is 2.87. The minimum Gasteiger partial charge on any atom is -0.308 e. The molecule has 2 N–H and O–H groups in total. The highest BCUT2D eigenvalue weighted by Gasteiger charge is 2.07. The van der Waals surface area contributed by atoms with E-state index in [0.29, 0.717) is 5.69 Å². The second-order valence-corrected chi connectivity index (χ2v) is 4.34. The third kappa shape index (κ3) is 2.63. The quantitative estimate of drug-likeness (QED) is 0.860. The van der Waals surface area contributed by atoms with E-state index in [9.17, 15) is 4.79 Å². The van der Waals surface area contributed by atoms with Crippen LogP contribution < -0.4 is 10.6 Å². The monoisotopic (exact) mass is 251 g/mol. The van der Waals surface area contributed by atoms with Crippen LogP contribution in [0.15, 0.2) is 48.8 Å². The van der Waals surface area contributed by atoms with Crippen molar-refractivity contribution in [1.82, 2.24) is 4.98 Å². The number of allylic oxidation sites excluding steroid dienone is 1. The summed E-state index contributed by atoms with van der Waals surface area (Å²) in [4.78, 5) is 15.8. The van der Waals surface area contributed by atoms with Crippen molar-refractivity contribution in [3.05, 3.63) is 59.9 Å². The van der Waals surface area contributed by atoms with E-state index in [-0.39, 0.29) is 6.03 Å². The summed E-state index contributed by atoms with van der Waals surface area (Å²) in [5.41, 5.74) is 3.91. The second kappa shape index (κ2) is 4.94. The molecule has 4 heteroatoms. The van der Waals surface area contributed by atoms with Gasteiger partial charge in [-0.25, -0.2) is 4.79 Å². The molecule has 4 nitrogen and oxygen atoms in total. The molecule has 0 spiro atoms. The topological polar surface area (TPSA) is 54.0 Å². The number of fused-ring (bicyclic) bond motifs is 1. The van der Waals surface area contributed by atoms with Gasteiger partial charge in [-0.3, -0.25) is 4.98 Å². The number of benzene rings is 1. The number of rotatable bonds is 2. The zero-order chi connectivity index (χ0) is 13.1. The fourth-order valence-electron chi connectivity index (χ4n) is 2.06. The van der Waals surface area contributed by atoms with Gasteiger partial charge in [0.1, 0.15) is 0 Å². The third-order valence-corrected chi connectivity index (χ3v) is 2.96. The van der Waals surface area contributed by atoms with E-state index in [0.717, 1.165) is 12.1 Å². The van der Waals surface area contributed by atoms with Gasteiger partial charge in [0.05, 0.1) is 11.9 Å². The molecule has 94 valence electrons. The normalized spacial score (nSPS) is 12.0. The largest absolute Gasteiger partial charge is 0.323 e. The van der Waals surface area contributed by atoms with Crippen molar-refractivity contribution < 1.29 is 4.79 Å². The highest BCUT2D eigenvalue weighted by molar-refractivity contribution is 5.99. The van der Waals surface area contributed by atoms with Crippen LogP contribution in [-0.2, 0) is 6.42 Å². The number of hydrogen-bond acceptors (Lipinski definition) is 2. The number of nitrogens with one attached hydrogen (secondary N) is 2. The van der Waals surface area contributed by atoms with Gasteiger partial charge in [-0.2, -0.15) is 0 Å². The Kier molecular flexibility index (Phi) is 2.98. The van der Waals surface area contributed by atoms with Crippen molar-refractivity contribution in [2.45, 2.75) is 6.42 Å². The lowest BCUT2D eigenvalue weighted by Gasteiger charge is -2.08. The van der Waals surface area contributed by atoms with E-state index >= 15 is 0 Å². The van der Waals surface area contributed by atoms with Gasteiger partial charge in [0.2, 0.25) is 0 Å². The maximum atomic E-state index is 11.8. The molecule has 2 amide bonds. The third-order valence-electron chi connectivity index (χ3n) is 2.96. The number of amides is 2. The van der Waals surface area contributed by atoms with Crippen LogP contribution in [-0.4, -0.2) is 11.0 Å². The minimum absolute atomic E-state index is 0.269. The Morgan fingerprint density at radius 1 is 1.16 bits per heavy atom. The van der Waals surface area contributed by atoms with Gasteiger partial charge < -0.3 is 10.6 Å². The zero-order valence-electron chi connectivity index (χ0n) is 10.3.